The Balaban J connectivity index is 1.38. The molecule has 0 amide bonds. The Kier molecular flexibility index (Phi) is 5.33. The van der Waals surface area contributed by atoms with Gasteiger partial charge < -0.3 is 9.26 Å². The maximum atomic E-state index is 12.7. The summed E-state index contributed by atoms with van der Waals surface area (Å²) in [5, 5.41) is 10.8. The first-order valence-corrected chi connectivity index (χ1v) is 10.5. The minimum absolute atomic E-state index is 0.104. The Bertz CT molecular complexity index is 1160. The minimum Gasteiger partial charge on any atom is -0.404 e. The van der Waals surface area contributed by atoms with Crippen molar-refractivity contribution in [2.45, 2.75) is 38.7 Å². The summed E-state index contributed by atoms with van der Waals surface area (Å²) in [6.07, 6.45) is 1.40. The van der Waals surface area contributed by atoms with Crippen LogP contribution in [-0.4, -0.2) is 27.2 Å². The number of nitrogens with one attached hydrogen (secondary N) is 1. The summed E-state index contributed by atoms with van der Waals surface area (Å²) in [4.78, 5) is 36.0. The molecule has 0 spiro atoms. The highest BCUT2D eigenvalue weighted by Gasteiger charge is 2.37. The summed E-state index contributed by atoms with van der Waals surface area (Å²) in [5.41, 5.74) is -0.384. The van der Waals surface area contributed by atoms with Crippen molar-refractivity contribution < 1.29 is 27.8 Å². The van der Waals surface area contributed by atoms with E-state index in [2.05, 4.69) is 4.98 Å². The molecule has 2 aliphatic heterocycles. The molecule has 4 rings (SSSR count). The van der Waals surface area contributed by atoms with Crippen LogP contribution in [0.4, 0.5) is 5.69 Å². The number of phosphoric acid groups is 1. The highest BCUT2D eigenvalue weighted by molar-refractivity contribution is 7.49. The van der Waals surface area contributed by atoms with Crippen molar-refractivity contribution >= 4 is 13.5 Å². The first-order valence-electron chi connectivity index (χ1n) is 9.08. The van der Waals surface area contributed by atoms with E-state index < -0.39 is 36.3 Å². The molecule has 3 heterocycles. The van der Waals surface area contributed by atoms with E-state index >= 15 is 0 Å². The average Bonchev–Trinajstić information content (AvgIpc) is 3.17. The number of aromatic nitrogens is 2. The molecule has 1 saturated heterocycles. The summed E-state index contributed by atoms with van der Waals surface area (Å²) in [7, 11) is -3.92. The van der Waals surface area contributed by atoms with Crippen LogP contribution >= 0.6 is 7.82 Å². The van der Waals surface area contributed by atoms with Crippen molar-refractivity contribution in [2.75, 3.05) is 6.61 Å². The summed E-state index contributed by atoms with van der Waals surface area (Å²) >= 11 is 0. The topological polar surface area (TPSA) is 152 Å². The van der Waals surface area contributed by atoms with Crippen LogP contribution in [0.3, 0.4) is 0 Å². The second-order valence-electron chi connectivity index (χ2n) is 6.93. The summed E-state index contributed by atoms with van der Waals surface area (Å²) < 4.78 is 35.6. The zero-order valence-electron chi connectivity index (χ0n) is 15.8. The number of phosphoric ester groups is 1. The number of hydrogen-bond donors (Lipinski definition) is 1. The first-order chi connectivity index (χ1) is 14.2. The maximum Gasteiger partial charge on any atom is 0.530 e. The Hall–Kier alpha value is -2.79. The number of nitro groups is 1. The third-order valence-electron chi connectivity index (χ3n) is 4.80. The van der Waals surface area contributed by atoms with Gasteiger partial charge in [-0.2, -0.15) is 0 Å². The number of H-pyrrole nitrogens is 1. The maximum absolute atomic E-state index is 12.7. The molecule has 160 valence electrons. The highest BCUT2D eigenvalue weighted by atomic mass is 31.2. The lowest BCUT2D eigenvalue weighted by Crippen LogP contribution is -2.33. The molecule has 0 saturated carbocycles. The van der Waals surface area contributed by atoms with Crippen molar-refractivity contribution in [3.8, 4) is 5.75 Å². The van der Waals surface area contributed by atoms with Crippen molar-refractivity contribution in [1.29, 1.82) is 0 Å². The van der Waals surface area contributed by atoms with Crippen LogP contribution in [0.15, 0.2) is 34.0 Å². The minimum atomic E-state index is -3.92. The zero-order chi connectivity index (χ0) is 21.5. The molecular formula is C17H18N3O9P. The van der Waals surface area contributed by atoms with Gasteiger partial charge in [-0.15, -0.1) is 0 Å². The van der Waals surface area contributed by atoms with Crippen molar-refractivity contribution in [3.05, 3.63) is 66.5 Å². The van der Waals surface area contributed by atoms with Gasteiger partial charge in [0.2, 0.25) is 0 Å². The predicted molar refractivity (Wildman–Crippen MR) is 101 cm³/mol. The average molecular weight is 439 g/mol. The molecule has 0 radical (unpaired) electrons. The van der Waals surface area contributed by atoms with Crippen molar-refractivity contribution in [2.24, 2.45) is 0 Å². The van der Waals surface area contributed by atoms with E-state index in [4.69, 9.17) is 18.3 Å². The summed E-state index contributed by atoms with van der Waals surface area (Å²) in [5.74, 6) is 0.190. The zero-order valence-corrected chi connectivity index (χ0v) is 16.7. The SMILES string of the molecule is Cc1cn([C@H]2CC[C@@H](COP3(=O)OCc4cc([N+](=O)[O-])ccc4O3)O2)c(=O)[nH]c1=O. The molecule has 13 heteroatoms. The third kappa shape index (κ3) is 4.08. The first kappa shape index (κ1) is 20.5. The van der Waals surface area contributed by atoms with Gasteiger partial charge in [-0.1, -0.05) is 0 Å². The number of fused-ring (bicyclic) bond motifs is 1. The molecule has 30 heavy (non-hydrogen) atoms. The normalized spacial score (nSPS) is 25.5. The second-order valence-corrected chi connectivity index (χ2v) is 8.52. The fourth-order valence-electron chi connectivity index (χ4n) is 3.23. The van der Waals surface area contributed by atoms with Gasteiger partial charge in [0.05, 0.1) is 24.2 Å². The van der Waals surface area contributed by atoms with Gasteiger partial charge >= 0.3 is 13.5 Å². The number of aryl methyl sites for hydroxylation is 1. The van der Waals surface area contributed by atoms with Gasteiger partial charge in [-0.3, -0.25) is 33.5 Å². The van der Waals surface area contributed by atoms with E-state index in [9.17, 15) is 24.3 Å². The number of non-ortho nitro benzene ring substituents is 1. The van der Waals surface area contributed by atoms with Crippen molar-refractivity contribution in [3.63, 3.8) is 0 Å². The predicted octanol–water partition coefficient (Wildman–Crippen LogP) is 2.16. The number of ether oxygens (including phenoxy) is 1. The Morgan fingerprint density at radius 3 is 2.93 bits per heavy atom. The Morgan fingerprint density at radius 2 is 2.17 bits per heavy atom. The van der Waals surface area contributed by atoms with Crippen LogP contribution in [-0.2, 0) is 25.0 Å². The third-order valence-corrected chi connectivity index (χ3v) is 6.13. The van der Waals surface area contributed by atoms with Crippen LogP contribution in [0.1, 0.15) is 30.2 Å². The van der Waals surface area contributed by atoms with Crippen molar-refractivity contribution in [1.82, 2.24) is 9.55 Å². The van der Waals surface area contributed by atoms with E-state index in [0.29, 0.717) is 24.0 Å². The molecule has 1 aromatic carbocycles. The van der Waals surface area contributed by atoms with Gasteiger partial charge in [0.1, 0.15) is 12.0 Å². The van der Waals surface area contributed by atoms with Crippen LogP contribution in [0, 0.1) is 17.0 Å². The summed E-state index contributed by atoms with van der Waals surface area (Å²) in [6.45, 7) is 1.32. The molecule has 12 nitrogen and oxygen atoms in total. The van der Waals surface area contributed by atoms with Crippen LogP contribution in [0.2, 0.25) is 0 Å². The van der Waals surface area contributed by atoms with Gasteiger partial charge in [-0.05, 0) is 25.8 Å². The molecule has 2 aliphatic rings. The van der Waals surface area contributed by atoms with Gasteiger partial charge in [0.25, 0.3) is 11.2 Å². The fourth-order valence-corrected chi connectivity index (χ4v) is 4.47. The lowest BCUT2D eigenvalue weighted by atomic mass is 10.2. The molecule has 0 aliphatic carbocycles. The summed E-state index contributed by atoms with van der Waals surface area (Å²) in [6, 6.07) is 3.87. The van der Waals surface area contributed by atoms with Gasteiger partial charge in [0.15, 0.2) is 0 Å². The highest BCUT2D eigenvalue weighted by Crippen LogP contribution is 2.55. The second kappa shape index (κ2) is 7.80. The molecule has 2 aromatic rings. The lowest BCUT2D eigenvalue weighted by molar-refractivity contribution is -0.385. The largest absolute Gasteiger partial charge is 0.530 e. The number of benzene rings is 1. The number of rotatable bonds is 5. The van der Waals surface area contributed by atoms with E-state index in [1.807, 2.05) is 0 Å². The Morgan fingerprint density at radius 1 is 1.37 bits per heavy atom. The molecule has 1 N–H and O–H groups in total. The number of hydrogen-bond acceptors (Lipinski definition) is 9. The molecule has 3 atom stereocenters. The van der Waals surface area contributed by atoms with E-state index in [-0.39, 0.29) is 24.7 Å². The van der Waals surface area contributed by atoms with Gasteiger partial charge in [-0.25, -0.2) is 9.36 Å². The fraction of sp³-hybridized carbons (Fsp3) is 0.412. The van der Waals surface area contributed by atoms with Gasteiger partial charge in [0, 0.05) is 29.5 Å². The Labute approximate surface area is 169 Å². The van der Waals surface area contributed by atoms with Crippen LogP contribution < -0.4 is 15.8 Å². The monoisotopic (exact) mass is 439 g/mol. The molecule has 1 fully saturated rings. The molecule has 1 unspecified atom stereocenters. The van der Waals surface area contributed by atoms with E-state index in [1.54, 1.807) is 6.92 Å². The number of nitro benzene ring substituents is 1. The van der Waals surface area contributed by atoms with Crippen LogP contribution in [0.5, 0.6) is 5.75 Å². The molecule has 1 aromatic heterocycles. The smallest absolute Gasteiger partial charge is 0.404 e. The number of nitrogens with zero attached hydrogens (tertiary/aromatic N) is 2. The van der Waals surface area contributed by atoms with E-state index in [1.165, 1.54) is 29.0 Å². The number of aromatic amines is 1. The molecular weight excluding hydrogens is 421 g/mol. The lowest BCUT2D eigenvalue weighted by Gasteiger charge is -2.25. The molecule has 0 bridgehead atoms. The standard InChI is InChI=1S/C17H18N3O9P/c1-10-7-19(17(22)18-16(10)21)15-5-3-13(28-15)9-27-30(25)26-8-11-6-12(20(23)24)2-4-14(11)29-30/h2,4,6-7,13,15H,3,5,8-9H2,1H3,(H,18,21,22)/t13-,15+,30?/m0/s1. The van der Waals surface area contributed by atoms with E-state index in [0.717, 1.165) is 0 Å². The van der Waals surface area contributed by atoms with Crippen LogP contribution in [0.25, 0.3) is 0 Å². The quantitative estimate of drug-likeness (QED) is 0.420.